The average molecular weight is 448 g/mol. The summed E-state index contributed by atoms with van der Waals surface area (Å²) in [6.07, 6.45) is -0.349. The van der Waals surface area contributed by atoms with E-state index in [4.69, 9.17) is 16.3 Å². The zero-order valence-corrected chi connectivity index (χ0v) is 15.4. The highest BCUT2D eigenvalue weighted by atomic mass is 127. The zero-order chi connectivity index (χ0) is 16.7. The molecule has 7 heteroatoms. The highest BCUT2D eigenvalue weighted by Gasteiger charge is 2.64. The molecule has 3 heterocycles. The zero-order valence-electron chi connectivity index (χ0n) is 12.5. The van der Waals surface area contributed by atoms with Crippen LogP contribution in [0, 0.1) is 3.57 Å². The van der Waals surface area contributed by atoms with E-state index in [0.717, 1.165) is 3.57 Å². The molecule has 5 nitrogen and oxygen atoms in total. The summed E-state index contributed by atoms with van der Waals surface area (Å²) in [6, 6.07) is 5.22. The number of aliphatic hydroxyl groups is 1. The van der Waals surface area contributed by atoms with Crippen LogP contribution in [0.25, 0.3) is 5.69 Å². The SMILES string of the molecule is C[C@]12C[C@H](O)[C@](C)(O1)c1c2c(O)n(-c2ccc(Cl)c(I)c2)c1O. The topological polar surface area (TPSA) is 74.8 Å². The second-order valence-corrected chi connectivity index (χ2v) is 8.06. The number of fused-ring (bicyclic) bond motifs is 5. The van der Waals surface area contributed by atoms with Crippen LogP contribution in [-0.2, 0) is 15.9 Å². The van der Waals surface area contributed by atoms with Gasteiger partial charge < -0.3 is 20.1 Å². The molecule has 122 valence electrons. The molecule has 2 bridgehead atoms. The highest BCUT2D eigenvalue weighted by Crippen LogP contribution is 2.64. The number of nitrogens with zero attached hydrogens (tertiary/aromatic N) is 1. The molecule has 1 fully saturated rings. The molecule has 2 aromatic rings. The Bertz CT molecular complexity index is 851. The van der Waals surface area contributed by atoms with Gasteiger partial charge in [-0.05, 0) is 54.6 Å². The summed E-state index contributed by atoms with van der Waals surface area (Å²) in [7, 11) is 0. The van der Waals surface area contributed by atoms with E-state index >= 15 is 0 Å². The van der Waals surface area contributed by atoms with Crippen molar-refractivity contribution in [2.75, 3.05) is 0 Å². The van der Waals surface area contributed by atoms with Gasteiger partial charge in [0.25, 0.3) is 0 Å². The van der Waals surface area contributed by atoms with E-state index in [0.29, 0.717) is 28.3 Å². The fourth-order valence-electron chi connectivity index (χ4n) is 3.90. The quantitative estimate of drug-likeness (QED) is 0.586. The molecular weight excluding hydrogens is 433 g/mol. The minimum absolute atomic E-state index is 0.0613. The summed E-state index contributed by atoms with van der Waals surface area (Å²) in [5.74, 6) is -0.172. The first-order chi connectivity index (χ1) is 10.7. The molecule has 0 spiro atoms. The first-order valence-electron chi connectivity index (χ1n) is 7.20. The lowest BCUT2D eigenvalue weighted by Crippen LogP contribution is -2.32. The number of aromatic nitrogens is 1. The first kappa shape index (κ1) is 15.6. The molecule has 1 aromatic carbocycles. The van der Waals surface area contributed by atoms with Crippen molar-refractivity contribution < 1.29 is 20.1 Å². The lowest BCUT2D eigenvalue weighted by Gasteiger charge is -2.25. The molecule has 3 N–H and O–H groups in total. The molecule has 0 amide bonds. The van der Waals surface area contributed by atoms with Gasteiger partial charge in [0, 0.05) is 9.99 Å². The highest BCUT2D eigenvalue weighted by molar-refractivity contribution is 14.1. The number of benzene rings is 1. The maximum absolute atomic E-state index is 10.7. The van der Waals surface area contributed by atoms with Gasteiger partial charge in [0.2, 0.25) is 11.8 Å². The van der Waals surface area contributed by atoms with Gasteiger partial charge >= 0.3 is 0 Å². The lowest BCUT2D eigenvalue weighted by atomic mass is 9.78. The number of aliphatic hydroxyl groups excluding tert-OH is 1. The summed E-state index contributed by atoms with van der Waals surface area (Å²) in [4.78, 5) is 0. The number of hydrogen-bond donors (Lipinski definition) is 3. The van der Waals surface area contributed by atoms with E-state index in [1.165, 1.54) is 4.57 Å². The summed E-state index contributed by atoms with van der Waals surface area (Å²) in [5, 5.41) is 32.4. The number of halogens is 2. The van der Waals surface area contributed by atoms with Crippen LogP contribution in [0.2, 0.25) is 5.02 Å². The maximum Gasteiger partial charge on any atom is 0.205 e. The molecule has 4 rings (SSSR count). The van der Waals surface area contributed by atoms with Crippen LogP contribution in [0.5, 0.6) is 11.8 Å². The van der Waals surface area contributed by atoms with Crippen molar-refractivity contribution >= 4 is 34.2 Å². The van der Waals surface area contributed by atoms with Gasteiger partial charge in [-0.2, -0.15) is 0 Å². The predicted molar refractivity (Wildman–Crippen MR) is 93.2 cm³/mol. The molecule has 23 heavy (non-hydrogen) atoms. The smallest absolute Gasteiger partial charge is 0.205 e. The molecule has 3 atom stereocenters. The van der Waals surface area contributed by atoms with Gasteiger partial charge in [-0.15, -0.1) is 0 Å². The average Bonchev–Trinajstić information content (AvgIpc) is 2.96. The fourth-order valence-corrected chi connectivity index (χ4v) is 4.52. The summed E-state index contributed by atoms with van der Waals surface area (Å²) < 4.78 is 8.15. The van der Waals surface area contributed by atoms with Crippen molar-refractivity contribution in [3.8, 4) is 17.4 Å². The van der Waals surface area contributed by atoms with Crippen molar-refractivity contribution in [1.82, 2.24) is 4.57 Å². The Balaban J connectivity index is 2.00. The number of rotatable bonds is 1. The first-order valence-corrected chi connectivity index (χ1v) is 8.66. The lowest BCUT2D eigenvalue weighted by molar-refractivity contribution is -0.0936. The van der Waals surface area contributed by atoms with Crippen LogP contribution >= 0.6 is 34.2 Å². The van der Waals surface area contributed by atoms with E-state index in [1.54, 1.807) is 25.1 Å². The van der Waals surface area contributed by atoms with E-state index in [1.807, 2.05) is 6.92 Å². The Hall–Kier alpha value is -0.960. The second kappa shape index (κ2) is 4.56. The molecule has 2 aliphatic rings. The van der Waals surface area contributed by atoms with Crippen LogP contribution in [0.3, 0.4) is 0 Å². The Morgan fingerprint density at radius 2 is 1.91 bits per heavy atom. The molecule has 0 unspecified atom stereocenters. The van der Waals surface area contributed by atoms with Gasteiger partial charge in [0.15, 0.2) is 0 Å². The van der Waals surface area contributed by atoms with Gasteiger partial charge in [0.1, 0.15) is 5.60 Å². The van der Waals surface area contributed by atoms with E-state index in [-0.39, 0.29) is 11.8 Å². The summed E-state index contributed by atoms with van der Waals surface area (Å²) >= 11 is 8.14. The van der Waals surface area contributed by atoms with Gasteiger partial charge in [0.05, 0.1) is 33.5 Å². The van der Waals surface area contributed by atoms with Gasteiger partial charge in [-0.1, -0.05) is 11.6 Å². The van der Waals surface area contributed by atoms with E-state index in [2.05, 4.69) is 22.6 Å². The van der Waals surface area contributed by atoms with Crippen LogP contribution in [0.15, 0.2) is 18.2 Å². The number of ether oxygens (including phenoxy) is 1. The normalized spacial score (nSPS) is 31.6. The summed E-state index contributed by atoms with van der Waals surface area (Å²) in [5.41, 5.74) is -0.218. The third-order valence-electron chi connectivity index (χ3n) is 4.96. The van der Waals surface area contributed by atoms with Crippen LogP contribution in [-0.4, -0.2) is 26.0 Å². The Morgan fingerprint density at radius 1 is 1.26 bits per heavy atom. The summed E-state index contributed by atoms with van der Waals surface area (Å²) in [6.45, 7) is 3.56. The molecule has 1 aromatic heterocycles. The predicted octanol–water partition coefficient (Wildman–Crippen LogP) is 3.37. The molecule has 0 radical (unpaired) electrons. The van der Waals surface area contributed by atoms with Crippen molar-refractivity contribution in [2.24, 2.45) is 0 Å². The Labute approximate surface area is 151 Å². The van der Waals surface area contributed by atoms with Crippen LogP contribution in [0.1, 0.15) is 31.4 Å². The largest absolute Gasteiger partial charge is 0.494 e. The third kappa shape index (κ3) is 1.80. The molecule has 2 aliphatic heterocycles. The third-order valence-corrected chi connectivity index (χ3v) is 6.50. The van der Waals surface area contributed by atoms with Crippen molar-refractivity contribution in [3.05, 3.63) is 37.9 Å². The standard InChI is InChI=1S/C16H15ClINO4/c1-15-6-10(20)16(2,23-15)12-11(15)13(21)19(14(12)22)7-3-4-8(17)9(18)5-7/h3-5,10,20-22H,6H2,1-2H3/t10-,15+,16-/m0/s1. The number of hydrogen-bond acceptors (Lipinski definition) is 4. The Morgan fingerprint density at radius 3 is 2.57 bits per heavy atom. The molecule has 0 saturated carbocycles. The van der Waals surface area contributed by atoms with Crippen molar-refractivity contribution in [1.29, 1.82) is 0 Å². The van der Waals surface area contributed by atoms with Gasteiger partial charge in [-0.3, -0.25) is 4.57 Å². The minimum atomic E-state index is -1.02. The van der Waals surface area contributed by atoms with E-state index in [9.17, 15) is 15.3 Å². The van der Waals surface area contributed by atoms with Crippen LogP contribution < -0.4 is 0 Å². The van der Waals surface area contributed by atoms with Gasteiger partial charge in [-0.25, -0.2) is 0 Å². The monoisotopic (exact) mass is 447 g/mol. The Kier molecular flexibility index (Phi) is 3.09. The number of aromatic hydroxyl groups is 2. The second-order valence-electron chi connectivity index (χ2n) is 6.49. The maximum atomic E-state index is 10.7. The molecule has 0 aliphatic carbocycles. The minimum Gasteiger partial charge on any atom is -0.494 e. The van der Waals surface area contributed by atoms with Crippen molar-refractivity contribution in [3.63, 3.8) is 0 Å². The molecule has 1 saturated heterocycles. The van der Waals surface area contributed by atoms with Crippen molar-refractivity contribution in [2.45, 2.75) is 37.6 Å². The van der Waals surface area contributed by atoms with Crippen LogP contribution in [0.4, 0.5) is 0 Å². The molecular formula is C16H15ClINO4. The van der Waals surface area contributed by atoms with E-state index < -0.39 is 17.3 Å². The fraction of sp³-hybridized carbons (Fsp3) is 0.375.